The van der Waals surface area contributed by atoms with Gasteiger partial charge in [-0.05, 0) is 66.6 Å². The number of nitrogens with zero attached hydrogens (tertiary/aromatic N) is 4. The molecule has 0 saturated carbocycles. The monoisotopic (exact) mass is 566 g/mol. The van der Waals surface area contributed by atoms with Crippen molar-refractivity contribution in [1.29, 1.82) is 0 Å². The van der Waals surface area contributed by atoms with E-state index in [1.54, 1.807) is 60.2 Å². The third-order valence-electron chi connectivity index (χ3n) is 6.44. The van der Waals surface area contributed by atoms with Crippen LogP contribution in [-0.4, -0.2) is 52.3 Å². The molecule has 1 amide bonds. The summed E-state index contributed by atoms with van der Waals surface area (Å²) in [5.74, 6) is 0.721. The maximum Gasteiger partial charge on any atom is 0.338 e. The number of hydrogen-bond acceptors (Lipinski definition) is 9. The first-order chi connectivity index (χ1) is 20.5. The number of hydrogen-bond donors (Lipinski definition) is 2. The molecule has 214 valence electrons. The summed E-state index contributed by atoms with van der Waals surface area (Å²) in [6.07, 6.45) is 5.07. The van der Waals surface area contributed by atoms with Crippen molar-refractivity contribution < 1.29 is 23.8 Å². The molecule has 0 fully saturated rings. The Labute approximate surface area is 242 Å². The minimum atomic E-state index is -0.380. The van der Waals surface area contributed by atoms with Gasteiger partial charge in [0, 0.05) is 23.0 Å². The lowest BCUT2D eigenvalue weighted by Crippen LogP contribution is -2.12. The van der Waals surface area contributed by atoms with Crippen LogP contribution in [0.25, 0.3) is 16.8 Å². The van der Waals surface area contributed by atoms with E-state index in [4.69, 9.17) is 14.2 Å². The van der Waals surface area contributed by atoms with E-state index in [0.29, 0.717) is 52.2 Å². The predicted molar refractivity (Wildman–Crippen MR) is 159 cm³/mol. The normalized spacial score (nSPS) is 10.7. The standard InChI is InChI=1S/C31H30N6O5/c1-4-5-15-42-31(39)20-9-11-24(12-10-20)34-29(38)22-8-6-7-21(16-22)23-17-25(28-32-19-33-37(28)18-23)35-27-14-13-26(40-2)30(36-27)41-3/h6-14,16-19H,4-5,15H2,1-3H3,(H,34,38)(H,35,36). The van der Waals surface area contributed by atoms with Gasteiger partial charge in [0.05, 0.1) is 32.1 Å². The summed E-state index contributed by atoms with van der Waals surface area (Å²) in [5.41, 5.74) is 4.32. The first-order valence-electron chi connectivity index (χ1n) is 13.4. The number of aromatic nitrogens is 4. The third kappa shape index (κ3) is 6.30. The number of carbonyl (C=O) groups excluding carboxylic acids is 2. The van der Waals surface area contributed by atoms with Crippen LogP contribution >= 0.6 is 0 Å². The molecule has 0 bridgehead atoms. The number of methoxy groups -OCH3 is 2. The van der Waals surface area contributed by atoms with E-state index in [0.717, 1.165) is 24.0 Å². The lowest BCUT2D eigenvalue weighted by molar-refractivity contribution is 0.0499. The highest BCUT2D eigenvalue weighted by atomic mass is 16.5. The van der Waals surface area contributed by atoms with Crippen LogP contribution < -0.4 is 20.1 Å². The lowest BCUT2D eigenvalue weighted by atomic mass is 10.0. The zero-order valence-electron chi connectivity index (χ0n) is 23.5. The molecule has 0 aliphatic rings. The van der Waals surface area contributed by atoms with Crippen LogP contribution in [0.2, 0.25) is 0 Å². The largest absolute Gasteiger partial charge is 0.491 e. The zero-order valence-corrected chi connectivity index (χ0v) is 23.5. The van der Waals surface area contributed by atoms with Crippen LogP contribution in [0.1, 0.15) is 40.5 Å². The van der Waals surface area contributed by atoms with E-state index in [9.17, 15) is 9.59 Å². The third-order valence-corrected chi connectivity index (χ3v) is 6.44. The molecule has 42 heavy (non-hydrogen) atoms. The first-order valence-corrected chi connectivity index (χ1v) is 13.4. The Hall–Kier alpha value is -5.45. The second kappa shape index (κ2) is 12.8. The summed E-state index contributed by atoms with van der Waals surface area (Å²) in [6.45, 7) is 2.42. The Bertz CT molecular complexity index is 1720. The molecule has 0 aliphatic heterocycles. The van der Waals surface area contributed by atoms with Crippen LogP contribution in [0.4, 0.5) is 17.2 Å². The van der Waals surface area contributed by atoms with E-state index in [-0.39, 0.29) is 11.9 Å². The second-order valence-electron chi connectivity index (χ2n) is 9.31. The van der Waals surface area contributed by atoms with Gasteiger partial charge in [-0.3, -0.25) is 4.79 Å². The Balaban J connectivity index is 1.35. The van der Waals surface area contributed by atoms with Gasteiger partial charge in [0.25, 0.3) is 11.8 Å². The molecule has 3 heterocycles. The highest BCUT2D eigenvalue weighted by Gasteiger charge is 2.14. The van der Waals surface area contributed by atoms with Crippen molar-refractivity contribution in [2.75, 3.05) is 31.5 Å². The van der Waals surface area contributed by atoms with Gasteiger partial charge in [0.1, 0.15) is 12.1 Å². The highest BCUT2D eigenvalue weighted by Crippen LogP contribution is 2.31. The van der Waals surface area contributed by atoms with E-state index in [2.05, 4.69) is 25.7 Å². The molecular weight excluding hydrogens is 536 g/mol. The fourth-order valence-corrected chi connectivity index (χ4v) is 4.24. The van der Waals surface area contributed by atoms with Gasteiger partial charge in [-0.2, -0.15) is 10.1 Å². The zero-order chi connectivity index (χ0) is 29.5. The molecule has 0 unspecified atom stereocenters. The van der Waals surface area contributed by atoms with Gasteiger partial charge < -0.3 is 24.8 Å². The van der Waals surface area contributed by atoms with Gasteiger partial charge >= 0.3 is 5.97 Å². The molecule has 0 radical (unpaired) electrons. The maximum absolute atomic E-state index is 13.1. The number of ether oxygens (including phenoxy) is 3. The fourth-order valence-electron chi connectivity index (χ4n) is 4.24. The summed E-state index contributed by atoms with van der Waals surface area (Å²) in [7, 11) is 3.07. The number of benzene rings is 2. The van der Waals surface area contributed by atoms with Crippen LogP contribution in [0.5, 0.6) is 11.6 Å². The fraction of sp³-hybridized carbons (Fsp3) is 0.194. The van der Waals surface area contributed by atoms with Crippen molar-refractivity contribution in [1.82, 2.24) is 19.6 Å². The minimum Gasteiger partial charge on any atom is -0.491 e. The Morgan fingerprint density at radius 2 is 1.76 bits per heavy atom. The van der Waals surface area contributed by atoms with Crippen molar-refractivity contribution in [3.05, 3.63) is 90.4 Å². The van der Waals surface area contributed by atoms with E-state index in [1.165, 1.54) is 13.4 Å². The molecule has 0 saturated heterocycles. The van der Waals surface area contributed by atoms with Crippen LogP contribution in [0.15, 0.2) is 79.3 Å². The topological polar surface area (TPSA) is 129 Å². The predicted octanol–water partition coefficient (Wildman–Crippen LogP) is 5.76. The molecule has 5 rings (SSSR count). The summed E-state index contributed by atoms with van der Waals surface area (Å²) in [5, 5.41) is 10.5. The lowest BCUT2D eigenvalue weighted by Gasteiger charge is -2.12. The average molecular weight is 567 g/mol. The Kier molecular flexibility index (Phi) is 8.57. The molecule has 0 spiro atoms. The van der Waals surface area contributed by atoms with E-state index < -0.39 is 0 Å². The molecule has 2 aromatic carbocycles. The van der Waals surface area contributed by atoms with Crippen LogP contribution in [0, 0.1) is 0 Å². The van der Waals surface area contributed by atoms with Crippen LogP contribution in [-0.2, 0) is 4.74 Å². The number of fused-ring (bicyclic) bond motifs is 1. The highest BCUT2D eigenvalue weighted by molar-refractivity contribution is 6.05. The molecule has 0 atom stereocenters. The van der Waals surface area contributed by atoms with Crippen molar-refractivity contribution in [3.63, 3.8) is 0 Å². The van der Waals surface area contributed by atoms with E-state index in [1.807, 2.05) is 31.3 Å². The summed E-state index contributed by atoms with van der Waals surface area (Å²) < 4.78 is 17.5. The van der Waals surface area contributed by atoms with Crippen molar-refractivity contribution >= 4 is 34.7 Å². The van der Waals surface area contributed by atoms with Crippen molar-refractivity contribution in [3.8, 4) is 22.8 Å². The number of esters is 1. The second-order valence-corrected chi connectivity index (χ2v) is 9.31. The SMILES string of the molecule is CCCCOC(=O)c1ccc(NC(=O)c2cccc(-c3cc(Nc4ccc(OC)c(OC)n4)c4ncnn4c3)c2)cc1. The number of pyridine rings is 2. The van der Waals surface area contributed by atoms with Gasteiger partial charge in [-0.25, -0.2) is 14.3 Å². The van der Waals surface area contributed by atoms with Gasteiger partial charge in [0.15, 0.2) is 11.4 Å². The van der Waals surface area contributed by atoms with E-state index >= 15 is 0 Å². The number of nitrogens with one attached hydrogen (secondary N) is 2. The van der Waals surface area contributed by atoms with Gasteiger partial charge in [0.2, 0.25) is 0 Å². The molecular formula is C31H30N6O5. The number of anilines is 3. The molecule has 0 aliphatic carbocycles. The number of rotatable bonds is 11. The maximum atomic E-state index is 13.1. The number of carbonyl (C=O) groups is 2. The average Bonchev–Trinajstić information content (AvgIpc) is 3.51. The smallest absolute Gasteiger partial charge is 0.338 e. The van der Waals surface area contributed by atoms with Crippen molar-refractivity contribution in [2.45, 2.75) is 19.8 Å². The number of amides is 1. The minimum absolute atomic E-state index is 0.287. The summed E-state index contributed by atoms with van der Waals surface area (Å²) in [4.78, 5) is 34.1. The molecule has 5 aromatic rings. The summed E-state index contributed by atoms with van der Waals surface area (Å²) in [6, 6.07) is 19.3. The molecule has 3 aromatic heterocycles. The van der Waals surface area contributed by atoms with Crippen LogP contribution in [0.3, 0.4) is 0 Å². The molecule has 2 N–H and O–H groups in total. The van der Waals surface area contributed by atoms with Gasteiger partial charge in [-0.15, -0.1) is 0 Å². The molecule has 11 heteroatoms. The number of unbranched alkanes of at least 4 members (excludes halogenated alkanes) is 1. The first kappa shape index (κ1) is 28.1. The Morgan fingerprint density at radius 3 is 2.52 bits per heavy atom. The quantitative estimate of drug-likeness (QED) is 0.151. The Morgan fingerprint density at radius 1 is 0.929 bits per heavy atom. The summed E-state index contributed by atoms with van der Waals surface area (Å²) >= 11 is 0. The van der Waals surface area contributed by atoms with Gasteiger partial charge in [-0.1, -0.05) is 25.5 Å². The van der Waals surface area contributed by atoms with Crippen molar-refractivity contribution in [2.24, 2.45) is 0 Å². The molecule has 11 nitrogen and oxygen atoms in total.